The van der Waals surface area contributed by atoms with Crippen molar-refractivity contribution in [3.8, 4) is 0 Å². The van der Waals surface area contributed by atoms with Gasteiger partial charge in [0.25, 0.3) is 0 Å². The lowest BCUT2D eigenvalue weighted by atomic mass is 10.0. The molecule has 0 aliphatic heterocycles. The van der Waals surface area contributed by atoms with Crippen LogP contribution in [0, 0.1) is 12.8 Å². The first-order chi connectivity index (χ1) is 8.64. The Balaban J connectivity index is 2.90. The molecule has 4 nitrogen and oxygen atoms in total. The molecule has 0 saturated heterocycles. The molecule has 1 aromatic rings. The molecule has 4 heteroatoms. The van der Waals surface area contributed by atoms with Gasteiger partial charge in [0.2, 0.25) is 5.95 Å². The highest BCUT2D eigenvalue weighted by Gasteiger charge is 2.13. The Morgan fingerprint density at radius 2 is 1.89 bits per heavy atom. The summed E-state index contributed by atoms with van der Waals surface area (Å²) in [6, 6.07) is 2.06. The van der Waals surface area contributed by atoms with Crippen LogP contribution in [-0.2, 0) is 0 Å². The van der Waals surface area contributed by atoms with Crippen molar-refractivity contribution in [2.75, 3.05) is 30.4 Å². The van der Waals surface area contributed by atoms with Crippen LogP contribution < -0.4 is 10.2 Å². The van der Waals surface area contributed by atoms with Gasteiger partial charge in [0, 0.05) is 31.9 Å². The van der Waals surface area contributed by atoms with Crippen molar-refractivity contribution in [3.63, 3.8) is 0 Å². The standard InChI is InChI=1S/C14H26N4/c1-6-12(7-2)10-18(8-3)13-9-11(4)16-14(15-5)17-13/h9,12H,6-8,10H2,1-5H3,(H,15,16,17). The Morgan fingerprint density at radius 1 is 1.22 bits per heavy atom. The summed E-state index contributed by atoms with van der Waals surface area (Å²) in [6.07, 6.45) is 2.44. The van der Waals surface area contributed by atoms with Crippen LogP contribution in [0.5, 0.6) is 0 Å². The molecular weight excluding hydrogens is 224 g/mol. The molecule has 0 aliphatic carbocycles. The monoisotopic (exact) mass is 250 g/mol. The van der Waals surface area contributed by atoms with E-state index in [0.717, 1.165) is 30.5 Å². The minimum absolute atomic E-state index is 0.702. The minimum atomic E-state index is 0.702. The fraction of sp³-hybridized carbons (Fsp3) is 0.714. The van der Waals surface area contributed by atoms with E-state index in [4.69, 9.17) is 0 Å². The molecule has 0 aliphatic rings. The van der Waals surface area contributed by atoms with Crippen LogP contribution in [-0.4, -0.2) is 30.1 Å². The minimum Gasteiger partial charge on any atom is -0.357 e. The van der Waals surface area contributed by atoms with Crippen LogP contribution in [0.1, 0.15) is 39.3 Å². The molecule has 0 saturated carbocycles. The van der Waals surface area contributed by atoms with Gasteiger partial charge in [0.15, 0.2) is 0 Å². The first kappa shape index (κ1) is 14.7. The van der Waals surface area contributed by atoms with E-state index in [0.29, 0.717) is 5.95 Å². The number of hydrogen-bond acceptors (Lipinski definition) is 4. The highest BCUT2D eigenvalue weighted by molar-refractivity contribution is 5.44. The lowest BCUT2D eigenvalue weighted by molar-refractivity contribution is 0.484. The summed E-state index contributed by atoms with van der Waals surface area (Å²) < 4.78 is 0. The van der Waals surface area contributed by atoms with Crippen LogP contribution >= 0.6 is 0 Å². The lowest BCUT2D eigenvalue weighted by Crippen LogP contribution is -2.30. The zero-order valence-electron chi connectivity index (χ0n) is 12.3. The first-order valence-corrected chi connectivity index (χ1v) is 6.92. The van der Waals surface area contributed by atoms with Crippen LogP contribution in [0.25, 0.3) is 0 Å². The van der Waals surface area contributed by atoms with E-state index in [1.165, 1.54) is 12.8 Å². The quantitative estimate of drug-likeness (QED) is 0.807. The second kappa shape index (κ2) is 7.19. The van der Waals surface area contributed by atoms with Crippen molar-refractivity contribution in [2.24, 2.45) is 5.92 Å². The number of anilines is 2. The summed E-state index contributed by atoms with van der Waals surface area (Å²) in [5, 5.41) is 3.02. The first-order valence-electron chi connectivity index (χ1n) is 6.92. The molecule has 0 bridgehead atoms. The Hall–Kier alpha value is -1.32. The maximum atomic E-state index is 4.55. The molecule has 102 valence electrons. The smallest absolute Gasteiger partial charge is 0.224 e. The molecule has 0 atom stereocenters. The molecule has 1 aromatic heterocycles. The molecule has 0 radical (unpaired) electrons. The summed E-state index contributed by atoms with van der Waals surface area (Å²) >= 11 is 0. The summed E-state index contributed by atoms with van der Waals surface area (Å²) in [7, 11) is 1.86. The van der Waals surface area contributed by atoms with Crippen LogP contribution in [0.4, 0.5) is 11.8 Å². The fourth-order valence-corrected chi connectivity index (χ4v) is 2.07. The van der Waals surface area contributed by atoms with Crippen LogP contribution in [0.3, 0.4) is 0 Å². The highest BCUT2D eigenvalue weighted by atomic mass is 15.2. The molecule has 0 spiro atoms. The molecule has 1 heterocycles. The average Bonchev–Trinajstić information content (AvgIpc) is 2.39. The largest absolute Gasteiger partial charge is 0.357 e. The molecule has 0 fully saturated rings. The molecule has 0 unspecified atom stereocenters. The third kappa shape index (κ3) is 3.86. The molecular formula is C14H26N4. The number of nitrogens with zero attached hydrogens (tertiary/aromatic N) is 3. The SMILES string of the molecule is CCC(CC)CN(CC)c1cc(C)nc(NC)n1. The lowest BCUT2D eigenvalue weighted by Gasteiger charge is -2.26. The normalized spacial score (nSPS) is 10.8. The third-order valence-electron chi connectivity index (χ3n) is 3.40. The maximum Gasteiger partial charge on any atom is 0.224 e. The summed E-state index contributed by atoms with van der Waals surface area (Å²) in [4.78, 5) is 11.2. The van der Waals surface area contributed by atoms with Gasteiger partial charge >= 0.3 is 0 Å². The van der Waals surface area contributed by atoms with E-state index in [9.17, 15) is 0 Å². The van der Waals surface area contributed by atoms with Gasteiger partial charge in [-0.25, -0.2) is 4.98 Å². The van der Waals surface area contributed by atoms with Crippen molar-refractivity contribution in [1.82, 2.24) is 9.97 Å². The maximum absolute atomic E-state index is 4.55. The molecule has 0 aromatic carbocycles. The number of nitrogens with one attached hydrogen (secondary N) is 1. The van der Waals surface area contributed by atoms with E-state index >= 15 is 0 Å². The van der Waals surface area contributed by atoms with Crippen LogP contribution in [0.2, 0.25) is 0 Å². The predicted molar refractivity (Wildman–Crippen MR) is 78.3 cm³/mol. The summed E-state index contributed by atoms with van der Waals surface area (Å²) in [5.41, 5.74) is 1.01. The zero-order chi connectivity index (χ0) is 13.5. The second-order valence-electron chi connectivity index (χ2n) is 4.66. The van der Waals surface area contributed by atoms with Gasteiger partial charge in [-0.1, -0.05) is 26.7 Å². The Kier molecular flexibility index (Phi) is 5.89. The van der Waals surface area contributed by atoms with Gasteiger partial charge in [-0.15, -0.1) is 0 Å². The van der Waals surface area contributed by atoms with Crippen molar-refractivity contribution in [2.45, 2.75) is 40.5 Å². The Bertz CT molecular complexity index is 361. The molecule has 1 rings (SSSR count). The van der Waals surface area contributed by atoms with E-state index in [-0.39, 0.29) is 0 Å². The number of hydrogen-bond donors (Lipinski definition) is 1. The fourth-order valence-electron chi connectivity index (χ4n) is 2.07. The average molecular weight is 250 g/mol. The number of rotatable bonds is 7. The van der Waals surface area contributed by atoms with Gasteiger partial charge in [-0.2, -0.15) is 4.98 Å². The Labute approximate surface area is 111 Å². The van der Waals surface area contributed by atoms with Gasteiger partial charge in [0.1, 0.15) is 5.82 Å². The molecule has 0 amide bonds. The topological polar surface area (TPSA) is 41.1 Å². The van der Waals surface area contributed by atoms with Gasteiger partial charge < -0.3 is 10.2 Å². The van der Waals surface area contributed by atoms with Crippen molar-refractivity contribution >= 4 is 11.8 Å². The van der Waals surface area contributed by atoms with Crippen LogP contribution in [0.15, 0.2) is 6.07 Å². The predicted octanol–water partition coefficient (Wildman–Crippen LogP) is 3.09. The summed E-state index contributed by atoms with van der Waals surface area (Å²) in [6.45, 7) is 10.8. The highest BCUT2D eigenvalue weighted by Crippen LogP contribution is 2.18. The zero-order valence-corrected chi connectivity index (χ0v) is 12.3. The van der Waals surface area contributed by atoms with Crippen molar-refractivity contribution in [3.05, 3.63) is 11.8 Å². The molecule has 1 N–H and O–H groups in total. The summed E-state index contributed by atoms with van der Waals surface area (Å²) in [5.74, 6) is 2.47. The van der Waals surface area contributed by atoms with Gasteiger partial charge in [-0.3, -0.25) is 0 Å². The van der Waals surface area contributed by atoms with Crippen molar-refractivity contribution in [1.29, 1.82) is 0 Å². The van der Waals surface area contributed by atoms with Gasteiger partial charge in [0.05, 0.1) is 0 Å². The van der Waals surface area contributed by atoms with Gasteiger partial charge in [-0.05, 0) is 19.8 Å². The van der Waals surface area contributed by atoms with E-state index in [1.807, 2.05) is 14.0 Å². The van der Waals surface area contributed by atoms with E-state index < -0.39 is 0 Å². The second-order valence-corrected chi connectivity index (χ2v) is 4.66. The Morgan fingerprint density at radius 3 is 2.39 bits per heavy atom. The molecule has 18 heavy (non-hydrogen) atoms. The number of aryl methyl sites for hydroxylation is 1. The third-order valence-corrected chi connectivity index (χ3v) is 3.40. The van der Waals surface area contributed by atoms with E-state index in [1.54, 1.807) is 0 Å². The number of aromatic nitrogens is 2. The van der Waals surface area contributed by atoms with E-state index in [2.05, 4.69) is 47.0 Å². The van der Waals surface area contributed by atoms with Crippen molar-refractivity contribution < 1.29 is 0 Å².